The predicted octanol–water partition coefficient (Wildman–Crippen LogP) is 3.56. The highest BCUT2D eigenvalue weighted by atomic mass is 79.9. The maximum atomic E-state index is 3.42. The van der Waals surface area contributed by atoms with Crippen LogP contribution in [0.4, 0.5) is 0 Å². The Labute approximate surface area is 74.2 Å². The van der Waals surface area contributed by atoms with Crippen LogP contribution in [0.1, 0.15) is 6.92 Å². The second kappa shape index (κ2) is 4.04. The smallest absolute Gasteiger partial charge is 0.0186 e. The van der Waals surface area contributed by atoms with Gasteiger partial charge in [0.25, 0.3) is 0 Å². The summed E-state index contributed by atoms with van der Waals surface area (Å²) in [5.74, 6) is 1.14. The fourth-order valence-electron chi connectivity index (χ4n) is 0.723. The Morgan fingerprint density at radius 3 is 2.90 bits per heavy atom. The van der Waals surface area contributed by atoms with Gasteiger partial charge in [-0.25, -0.2) is 0 Å². The van der Waals surface area contributed by atoms with Crippen LogP contribution in [0.2, 0.25) is 0 Å². The highest BCUT2D eigenvalue weighted by molar-refractivity contribution is 9.10. The summed E-state index contributed by atoms with van der Waals surface area (Å²) < 4.78 is 1.16. The Kier molecular flexibility index (Phi) is 3.29. The van der Waals surface area contributed by atoms with Crippen LogP contribution in [-0.2, 0) is 0 Å². The van der Waals surface area contributed by atoms with E-state index in [4.69, 9.17) is 0 Å². The minimum atomic E-state index is 1.14. The van der Waals surface area contributed by atoms with Crippen LogP contribution in [0.15, 0.2) is 33.6 Å². The maximum Gasteiger partial charge on any atom is 0.0186 e. The van der Waals surface area contributed by atoms with E-state index in [1.165, 1.54) is 4.90 Å². The molecule has 1 aromatic carbocycles. The molecule has 0 heterocycles. The third kappa shape index (κ3) is 2.35. The molecule has 1 aromatic rings. The van der Waals surface area contributed by atoms with E-state index >= 15 is 0 Å². The molecule has 0 unspecified atom stereocenters. The van der Waals surface area contributed by atoms with Gasteiger partial charge in [-0.15, -0.1) is 11.8 Å². The molecule has 0 saturated carbocycles. The Hall–Kier alpha value is 0.0500. The molecular formula is C8H9BrS. The molecule has 1 rings (SSSR count). The van der Waals surface area contributed by atoms with Gasteiger partial charge < -0.3 is 0 Å². The van der Waals surface area contributed by atoms with Crippen LogP contribution in [0.3, 0.4) is 0 Å². The van der Waals surface area contributed by atoms with Gasteiger partial charge in [-0.1, -0.05) is 28.9 Å². The van der Waals surface area contributed by atoms with Crippen molar-refractivity contribution in [3.05, 3.63) is 28.7 Å². The lowest BCUT2D eigenvalue weighted by Gasteiger charge is -1.96. The van der Waals surface area contributed by atoms with E-state index in [2.05, 4.69) is 41.1 Å². The quantitative estimate of drug-likeness (QED) is 0.682. The Bertz CT molecular complexity index is 210. The van der Waals surface area contributed by atoms with Crippen molar-refractivity contribution in [3.63, 3.8) is 0 Å². The van der Waals surface area contributed by atoms with Crippen molar-refractivity contribution in [1.29, 1.82) is 0 Å². The second-order valence-corrected chi connectivity index (χ2v) is 4.14. The summed E-state index contributed by atoms with van der Waals surface area (Å²) in [6, 6.07) is 8.36. The van der Waals surface area contributed by atoms with Crippen molar-refractivity contribution in [3.8, 4) is 0 Å². The van der Waals surface area contributed by atoms with Crippen LogP contribution in [0.5, 0.6) is 0 Å². The summed E-state index contributed by atoms with van der Waals surface area (Å²) in [5.41, 5.74) is 0. The number of thioether (sulfide) groups is 1. The van der Waals surface area contributed by atoms with E-state index in [-0.39, 0.29) is 0 Å². The highest BCUT2D eigenvalue weighted by Crippen LogP contribution is 2.20. The van der Waals surface area contributed by atoms with E-state index in [0.717, 1.165) is 10.2 Å². The molecule has 0 atom stereocenters. The number of halogens is 1. The van der Waals surface area contributed by atoms with Gasteiger partial charge in [-0.2, -0.15) is 0 Å². The van der Waals surface area contributed by atoms with Gasteiger partial charge in [0.15, 0.2) is 0 Å². The third-order valence-electron chi connectivity index (χ3n) is 1.11. The maximum absolute atomic E-state index is 3.42. The molecule has 0 aromatic heterocycles. The first-order valence-corrected chi connectivity index (χ1v) is 4.99. The fourth-order valence-corrected chi connectivity index (χ4v) is 1.99. The topological polar surface area (TPSA) is 0 Å². The van der Waals surface area contributed by atoms with E-state index < -0.39 is 0 Å². The summed E-state index contributed by atoms with van der Waals surface area (Å²) in [5, 5.41) is 0. The molecular weight excluding hydrogens is 208 g/mol. The van der Waals surface area contributed by atoms with Crippen LogP contribution in [-0.4, -0.2) is 5.75 Å². The summed E-state index contributed by atoms with van der Waals surface area (Å²) >= 11 is 5.28. The molecule has 0 amide bonds. The van der Waals surface area contributed by atoms with E-state index in [0.29, 0.717) is 0 Å². The molecule has 54 valence electrons. The molecule has 0 aliphatic rings. The van der Waals surface area contributed by atoms with Crippen LogP contribution >= 0.6 is 27.7 Å². The van der Waals surface area contributed by atoms with Gasteiger partial charge in [0, 0.05) is 9.37 Å². The molecule has 10 heavy (non-hydrogen) atoms. The minimum Gasteiger partial charge on any atom is -0.126 e. The van der Waals surface area contributed by atoms with Crippen LogP contribution in [0, 0.1) is 0 Å². The monoisotopic (exact) mass is 216 g/mol. The Morgan fingerprint density at radius 1 is 1.50 bits per heavy atom. The largest absolute Gasteiger partial charge is 0.126 e. The molecule has 0 bridgehead atoms. The van der Waals surface area contributed by atoms with Crippen molar-refractivity contribution in [1.82, 2.24) is 0 Å². The molecule has 0 N–H and O–H groups in total. The van der Waals surface area contributed by atoms with E-state index in [9.17, 15) is 0 Å². The molecule has 0 spiro atoms. The zero-order valence-electron chi connectivity index (χ0n) is 5.80. The zero-order chi connectivity index (χ0) is 7.40. The first kappa shape index (κ1) is 8.15. The number of hydrogen-bond acceptors (Lipinski definition) is 1. The van der Waals surface area contributed by atoms with Crippen molar-refractivity contribution in [2.75, 3.05) is 5.75 Å². The van der Waals surface area contributed by atoms with Crippen molar-refractivity contribution >= 4 is 27.7 Å². The second-order valence-electron chi connectivity index (χ2n) is 1.89. The van der Waals surface area contributed by atoms with Gasteiger partial charge in [-0.3, -0.25) is 0 Å². The SMILES string of the molecule is CCSc1cccc(Br)c1. The molecule has 2 heteroatoms. The lowest BCUT2D eigenvalue weighted by atomic mass is 10.4. The summed E-state index contributed by atoms with van der Waals surface area (Å²) in [6.07, 6.45) is 0. The predicted molar refractivity (Wildman–Crippen MR) is 50.5 cm³/mol. The third-order valence-corrected chi connectivity index (χ3v) is 2.48. The number of hydrogen-bond donors (Lipinski definition) is 0. The van der Waals surface area contributed by atoms with Crippen molar-refractivity contribution < 1.29 is 0 Å². The van der Waals surface area contributed by atoms with Crippen molar-refractivity contribution in [2.24, 2.45) is 0 Å². The average Bonchev–Trinajstić information content (AvgIpc) is 1.88. The first-order valence-electron chi connectivity index (χ1n) is 3.21. The van der Waals surface area contributed by atoms with Crippen LogP contribution in [0.25, 0.3) is 0 Å². The van der Waals surface area contributed by atoms with Gasteiger partial charge in [0.05, 0.1) is 0 Å². The Balaban J connectivity index is 2.75. The summed E-state index contributed by atoms with van der Waals surface area (Å²) in [4.78, 5) is 1.33. The number of benzene rings is 1. The highest BCUT2D eigenvalue weighted by Gasteiger charge is 1.90. The zero-order valence-corrected chi connectivity index (χ0v) is 8.21. The minimum absolute atomic E-state index is 1.14. The van der Waals surface area contributed by atoms with Crippen LogP contribution < -0.4 is 0 Å². The standard InChI is InChI=1S/C8H9BrS/c1-2-10-8-5-3-4-7(9)6-8/h3-6H,2H2,1H3. The van der Waals surface area contributed by atoms with Gasteiger partial charge >= 0.3 is 0 Å². The normalized spacial score (nSPS) is 9.80. The Morgan fingerprint density at radius 2 is 2.30 bits per heavy atom. The molecule has 0 fully saturated rings. The molecule has 0 aliphatic carbocycles. The molecule has 0 saturated heterocycles. The average molecular weight is 217 g/mol. The molecule has 0 aliphatic heterocycles. The molecule has 0 nitrogen and oxygen atoms in total. The number of rotatable bonds is 2. The first-order chi connectivity index (χ1) is 4.83. The van der Waals surface area contributed by atoms with Crippen molar-refractivity contribution in [2.45, 2.75) is 11.8 Å². The summed E-state index contributed by atoms with van der Waals surface area (Å²) in [7, 11) is 0. The van der Waals surface area contributed by atoms with Gasteiger partial charge in [0.1, 0.15) is 0 Å². The van der Waals surface area contributed by atoms with E-state index in [1.807, 2.05) is 17.8 Å². The lowest BCUT2D eigenvalue weighted by molar-refractivity contribution is 1.41. The summed E-state index contributed by atoms with van der Waals surface area (Å²) in [6.45, 7) is 2.16. The lowest BCUT2D eigenvalue weighted by Crippen LogP contribution is -1.71. The fraction of sp³-hybridized carbons (Fsp3) is 0.250. The molecule has 0 radical (unpaired) electrons. The van der Waals surface area contributed by atoms with E-state index in [1.54, 1.807) is 0 Å². The van der Waals surface area contributed by atoms with Gasteiger partial charge in [-0.05, 0) is 24.0 Å². The van der Waals surface area contributed by atoms with Gasteiger partial charge in [0.2, 0.25) is 0 Å².